The van der Waals surface area contributed by atoms with Gasteiger partial charge in [0.2, 0.25) is 0 Å². The Morgan fingerprint density at radius 1 is 1.07 bits per heavy atom. The van der Waals surface area contributed by atoms with Crippen LogP contribution < -0.4 is 16.0 Å². The Morgan fingerprint density at radius 2 is 1.74 bits per heavy atom. The lowest BCUT2D eigenvalue weighted by Crippen LogP contribution is -2.27. The SMILES string of the molecule is Cc1cccc2c1/C(=C/Nc1ccc(NC(=O)OC(C)(C)C)cc1)C(=O)N2. The maximum atomic E-state index is 12.2. The van der Waals surface area contributed by atoms with E-state index in [1.54, 1.807) is 18.3 Å². The lowest BCUT2D eigenvalue weighted by Gasteiger charge is -2.19. The molecule has 0 fully saturated rings. The Hall–Kier alpha value is -3.28. The van der Waals surface area contributed by atoms with Crippen LogP contribution in [0.4, 0.5) is 21.9 Å². The molecule has 0 saturated heterocycles. The third kappa shape index (κ3) is 4.47. The van der Waals surface area contributed by atoms with Gasteiger partial charge in [0.25, 0.3) is 5.91 Å². The summed E-state index contributed by atoms with van der Waals surface area (Å²) in [6, 6.07) is 12.9. The fourth-order valence-electron chi connectivity index (χ4n) is 2.80. The first-order valence-corrected chi connectivity index (χ1v) is 8.71. The maximum absolute atomic E-state index is 12.2. The quantitative estimate of drug-likeness (QED) is 0.686. The van der Waals surface area contributed by atoms with Crippen LogP contribution in [0, 0.1) is 6.92 Å². The summed E-state index contributed by atoms with van der Waals surface area (Å²) in [7, 11) is 0. The minimum Gasteiger partial charge on any atom is -0.444 e. The Labute approximate surface area is 158 Å². The van der Waals surface area contributed by atoms with E-state index in [9.17, 15) is 9.59 Å². The van der Waals surface area contributed by atoms with E-state index in [0.717, 1.165) is 22.5 Å². The molecule has 0 bridgehead atoms. The van der Waals surface area contributed by atoms with Crippen LogP contribution in [0.5, 0.6) is 0 Å². The summed E-state index contributed by atoms with van der Waals surface area (Å²) in [5.74, 6) is -0.130. The van der Waals surface area contributed by atoms with E-state index in [2.05, 4.69) is 16.0 Å². The normalized spacial score (nSPS) is 14.5. The van der Waals surface area contributed by atoms with E-state index >= 15 is 0 Å². The largest absolute Gasteiger partial charge is 0.444 e. The van der Waals surface area contributed by atoms with Gasteiger partial charge >= 0.3 is 6.09 Å². The molecule has 6 nitrogen and oxygen atoms in total. The fraction of sp³-hybridized carbons (Fsp3) is 0.238. The van der Waals surface area contributed by atoms with Gasteiger partial charge < -0.3 is 15.4 Å². The van der Waals surface area contributed by atoms with Crippen LogP contribution in [0.3, 0.4) is 0 Å². The number of hydrogen-bond donors (Lipinski definition) is 3. The summed E-state index contributed by atoms with van der Waals surface area (Å²) in [6.45, 7) is 7.41. The number of anilines is 3. The summed E-state index contributed by atoms with van der Waals surface area (Å²) in [5, 5.41) is 8.68. The molecule has 0 aromatic heterocycles. The highest BCUT2D eigenvalue weighted by atomic mass is 16.6. The molecule has 6 heteroatoms. The first kappa shape index (κ1) is 18.5. The van der Waals surface area contributed by atoms with Crippen molar-refractivity contribution in [1.82, 2.24) is 0 Å². The van der Waals surface area contributed by atoms with Crippen molar-refractivity contribution >= 4 is 34.6 Å². The fourth-order valence-corrected chi connectivity index (χ4v) is 2.80. The predicted molar refractivity (Wildman–Crippen MR) is 108 cm³/mol. The molecule has 140 valence electrons. The zero-order valence-electron chi connectivity index (χ0n) is 15.8. The lowest BCUT2D eigenvalue weighted by molar-refractivity contribution is -0.110. The molecule has 2 aromatic rings. The van der Waals surface area contributed by atoms with Crippen molar-refractivity contribution < 1.29 is 14.3 Å². The first-order chi connectivity index (χ1) is 12.7. The third-order valence-corrected chi connectivity index (χ3v) is 3.95. The van der Waals surface area contributed by atoms with Crippen molar-refractivity contribution in [3.8, 4) is 0 Å². The molecule has 1 aliphatic heterocycles. The van der Waals surface area contributed by atoms with Crippen molar-refractivity contribution in [1.29, 1.82) is 0 Å². The highest BCUT2D eigenvalue weighted by Crippen LogP contribution is 2.34. The van der Waals surface area contributed by atoms with Gasteiger partial charge in [0.1, 0.15) is 5.60 Å². The number of ether oxygens (including phenoxy) is 1. The number of carbonyl (C=O) groups excluding carboxylic acids is 2. The number of fused-ring (bicyclic) bond motifs is 1. The molecule has 3 N–H and O–H groups in total. The molecular formula is C21H23N3O3. The van der Waals surface area contributed by atoms with Gasteiger partial charge in [-0.15, -0.1) is 0 Å². The Balaban J connectivity index is 1.69. The lowest BCUT2D eigenvalue weighted by atomic mass is 10.0. The molecule has 2 aromatic carbocycles. The molecule has 27 heavy (non-hydrogen) atoms. The highest BCUT2D eigenvalue weighted by molar-refractivity contribution is 6.32. The molecule has 0 unspecified atom stereocenters. The first-order valence-electron chi connectivity index (χ1n) is 8.71. The van der Waals surface area contributed by atoms with Crippen molar-refractivity contribution in [2.24, 2.45) is 0 Å². The van der Waals surface area contributed by atoms with Crippen LogP contribution in [0.15, 0.2) is 48.7 Å². The molecule has 2 amide bonds. The van der Waals surface area contributed by atoms with Crippen LogP contribution in [0.25, 0.3) is 5.57 Å². The van der Waals surface area contributed by atoms with E-state index < -0.39 is 11.7 Å². The molecule has 3 rings (SSSR count). The second-order valence-electron chi connectivity index (χ2n) is 7.36. The molecule has 1 aliphatic rings. The highest BCUT2D eigenvalue weighted by Gasteiger charge is 2.25. The average molecular weight is 365 g/mol. The van der Waals surface area contributed by atoms with Gasteiger partial charge in [-0.1, -0.05) is 12.1 Å². The second kappa shape index (κ2) is 7.15. The monoisotopic (exact) mass is 365 g/mol. The number of nitrogens with one attached hydrogen (secondary N) is 3. The van der Waals surface area contributed by atoms with Gasteiger partial charge in [-0.25, -0.2) is 4.79 Å². The maximum Gasteiger partial charge on any atom is 0.412 e. The number of aryl methyl sites for hydroxylation is 1. The number of rotatable bonds is 3. The Kier molecular flexibility index (Phi) is 4.90. The summed E-state index contributed by atoms with van der Waals surface area (Å²) < 4.78 is 5.22. The summed E-state index contributed by atoms with van der Waals surface area (Å²) in [4.78, 5) is 24.0. The van der Waals surface area contributed by atoms with Gasteiger partial charge in [0.05, 0.1) is 5.57 Å². The van der Waals surface area contributed by atoms with Crippen LogP contribution in [0.2, 0.25) is 0 Å². The number of carbonyl (C=O) groups is 2. The molecular weight excluding hydrogens is 342 g/mol. The third-order valence-electron chi connectivity index (χ3n) is 3.95. The van der Waals surface area contributed by atoms with E-state index in [1.165, 1.54) is 0 Å². The molecule has 0 atom stereocenters. The van der Waals surface area contributed by atoms with Crippen LogP contribution in [0.1, 0.15) is 31.9 Å². The molecule has 0 saturated carbocycles. The van der Waals surface area contributed by atoms with Gasteiger partial charge in [0.15, 0.2) is 0 Å². The Morgan fingerprint density at radius 3 is 2.41 bits per heavy atom. The molecule has 0 spiro atoms. The van der Waals surface area contributed by atoms with E-state index in [0.29, 0.717) is 11.3 Å². The van der Waals surface area contributed by atoms with Crippen molar-refractivity contribution in [3.63, 3.8) is 0 Å². The minimum absolute atomic E-state index is 0.130. The van der Waals surface area contributed by atoms with Gasteiger partial charge in [-0.05, 0) is 63.6 Å². The average Bonchev–Trinajstić information content (AvgIpc) is 2.89. The molecule has 0 aliphatic carbocycles. The zero-order valence-corrected chi connectivity index (χ0v) is 15.8. The van der Waals surface area contributed by atoms with Crippen molar-refractivity contribution in [2.75, 3.05) is 16.0 Å². The number of benzene rings is 2. The topological polar surface area (TPSA) is 79.5 Å². The predicted octanol–water partition coefficient (Wildman–Crippen LogP) is 4.75. The van der Waals surface area contributed by atoms with E-state index in [4.69, 9.17) is 4.74 Å². The van der Waals surface area contributed by atoms with Gasteiger partial charge in [0, 0.05) is 28.8 Å². The number of amides is 2. The van der Waals surface area contributed by atoms with Crippen LogP contribution in [-0.2, 0) is 9.53 Å². The summed E-state index contributed by atoms with van der Waals surface area (Å²) >= 11 is 0. The molecule has 1 heterocycles. The number of hydrogen-bond acceptors (Lipinski definition) is 4. The van der Waals surface area contributed by atoms with E-state index in [1.807, 2.05) is 58.0 Å². The second-order valence-corrected chi connectivity index (χ2v) is 7.36. The zero-order chi connectivity index (χ0) is 19.6. The smallest absolute Gasteiger partial charge is 0.412 e. The van der Waals surface area contributed by atoms with Crippen LogP contribution >= 0.6 is 0 Å². The summed E-state index contributed by atoms with van der Waals surface area (Å²) in [6.07, 6.45) is 1.20. The van der Waals surface area contributed by atoms with Gasteiger partial charge in [-0.2, -0.15) is 0 Å². The van der Waals surface area contributed by atoms with E-state index in [-0.39, 0.29) is 5.91 Å². The minimum atomic E-state index is -0.548. The Bertz CT molecular complexity index is 909. The van der Waals surface area contributed by atoms with Crippen molar-refractivity contribution in [2.45, 2.75) is 33.3 Å². The van der Waals surface area contributed by atoms with Crippen molar-refractivity contribution in [3.05, 3.63) is 59.8 Å². The van der Waals surface area contributed by atoms with Crippen LogP contribution in [-0.4, -0.2) is 17.6 Å². The molecule has 0 radical (unpaired) electrons. The summed E-state index contributed by atoms with van der Waals surface area (Å²) in [5.41, 5.74) is 4.25. The van der Waals surface area contributed by atoms with Gasteiger partial charge in [-0.3, -0.25) is 10.1 Å². The standard InChI is InChI=1S/C21H23N3O3/c1-13-6-5-7-17-18(13)16(19(25)24-17)12-22-14-8-10-15(11-9-14)23-20(26)27-21(2,3)4/h5-12,22H,1-4H3,(H,23,26)(H,24,25)/b16-12-.